The monoisotopic (exact) mass is 394 g/mol. The zero-order chi connectivity index (χ0) is 20.5. The first kappa shape index (κ1) is 19.7. The maximum atomic E-state index is 13.4. The Bertz CT molecular complexity index is 933. The molecule has 2 aromatic rings. The third-order valence-corrected chi connectivity index (χ3v) is 6.27. The van der Waals surface area contributed by atoms with Crippen LogP contribution in [0.25, 0.3) is 5.69 Å². The molecule has 1 atom stereocenters. The van der Waals surface area contributed by atoms with Crippen molar-refractivity contribution >= 4 is 11.8 Å². The number of hydrogen-bond donors (Lipinski definition) is 1. The number of rotatable bonds is 3. The van der Waals surface area contributed by atoms with Crippen molar-refractivity contribution < 1.29 is 9.59 Å². The van der Waals surface area contributed by atoms with E-state index in [2.05, 4.69) is 35.9 Å². The summed E-state index contributed by atoms with van der Waals surface area (Å²) in [7, 11) is 0. The SMILES string of the molecule is Cc1ccccc1-n1c(C)cc(C(=O)N2CCCC(N3CCNCC3=O)C2)c1C. The van der Waals surface area contributed by atoms with E-state index in [0.717, 1.165) is 55.1 Å². The maximum Gasteiger partial charge on any atom is 0.255 e. The number of carbonyl (C=O) groups is 2. The molecule has 0 spiro atoms. The first-order valence-electron chi connectivity index (χ1n) is 10.5. The fourth-order valence-electron chi connectivity index (χ4n) is 4.74. The molecular weight excluding hydrogens is 364 g/mol. The van der Waals surface area contributed by atoms with Crippen molar-refractivity contribution in [3.8, 4) is 5.69 Å². The van der Waals surface area contributed by atoms with E-state index in [1.807, 2.05) is 34.9 Å². The van der Waals surface area contributed by atoms with E-state index >= 15 is 0 Å². The Kier molecular flexibility index (Phi) is 5.46. The van der Waals surface area contributed by atoms with Gasteiger partial charge in [0.15, 0.2) is 0 Å². The quantitative estimate of drug-likeness (QED) is 0.870. The van der Waals surface area contributed by atoms with Crippen molar-refractivity contribution in [2.45, 2.75) is 39.7 Å². The van der Waals surface area contributed by atoms with Gasteiger partial charge in [0.1, 0.15) is 0 Å². The summed E-state index contributed by atoms with van der Waals surface area (Å²) >= 11 is 0. The molecule has 6 nitrogen and oxygen atoms in total. The molecule has 1 unspecified atom stereocenters. The number of amides is 2. The number of benzene rings is 1. The van der Waals surface area contributed by atoms with E-state index in [-0.39, 0.29) is 17.9 Å². The van der Waals surface area contributed by atoms with Gasteiger partial charge in [0.2, 0.25) is 5.91 Å². The first-order chi connectivity index (χ1) is 14.0. The zero-order valence-electron chi connectivity index (χ0n) is 17.6. The van der Waals surface area contributed by atoms with Crippen LogP contribution in [0.4, 0.5) is 0 Å². The number of hydrogen-bond acceptors (Lipinski definition) is 3. The lowest BCUT2D eigenvalue weighted by atomic mass is 10.0. The number of nitrogens with one attached hydrogen (secondary N) is 1. The highest BCUT2D eigenvalue weighted by Gasteiger charge is 2.33. The van der Waals surface area contributed by atoms with Gasteiger partial charge in [-0.2, -0.15) is 0 Å². The molecule has 2 aliphatic rings. The van der Waals surface area contributed by atoms with Gasteiger partial charge in [0.25, 0.3) is 5.91 Å². The highest BCUT2D eigenvalue weighted by molar-refractivity contribution is 5.96. The van der Waals surface area contributed by atoms with Gasteiger partial charge in [-0.3, -0.25) is 9.59 Å². The van der Waals surface area contributed by atoms with Crippen molar-refractivity contribution in [3.63, 3.8) is 0 Å². The number of aromatic nitrogens is 1. The number of piperazine rings is 1. The molecule has 2 amide bonds. The van der Waals surface area contributed by atoms with Crippen LogP contribution in [0.3, 0.4) is 0 Å². The Labute approximate surface area is 172 Å². The number of carbonyl (C=O) groups excluding carboxylic acids is 2. The van der Waals surface area contributed by atoms with Crippen LogP contribution in [0.1, 0.15) is 40.2 Å². The molecule has 0 saturated carbocycles. The van der Waals surface area contributed by atoms with Gasteiger partial charge in [-0.1, -0.05) is 18.2 Å². The van der Waals surface area contributed by atoms with Crippen LogP contribution in [0.5, 0.6) is 0 Å². The molecule has 4 rings (SSSR count). The summed E-state index contributed by atoms with van der Waals surface area (Å²) in [5, 5.41) is 3.13. The third-order valence-electron chi connectivity index (χ3n) is 6.27. The molecule has 1 N–H and O–H groups in total. The maximum absolute atomic E-state index is 13.4. The van der Waals surface area contributed by atoms with Crippen molar-refractivity contribution in [2.75, 3.05) is 32.7 Å². The Hall–Kier alpha value is -2.60. The van der Waals surface area contributed by atoms with Crippen LogP contribution >= 0.6 is 0 Å². The van der Waals surface area contributed by atoms with Crippen molar-refractivity contribution in [1.29, 1.82) is 0 Å². The zero-order valence-corrected chi connectivity index (χ0v) is 17.6. The topological polar surface area (TPSA) is 57.6 Å². The van der Waals surface area contributed by atoms with Gasteiger partial charge < -0.3 is 19.7 Å². The van der Waals surface area contributed by atoms with Crippen molar-refractivity contribution in [2.24, 2.45) is 0 Å². The minimum Gasteiger partial charge on any atom is -0.337 e. The molecular formula is C23H30N4O2. The highest BCUT2D eigenvalue weighted by Crippen LogP contribution is 2.26. The van der Waals surface area contributed by atoms with Crippen molar-refractivity contribution in [3.05, 3.63) is 52.8 Å². The van der Waals surface area contributed by atoms with Gasteiger partial charge in [0, 0.05) is 49.3 Å². The predicted molar refractivity (Wildman–Crippen MR) is 113 cm³/mol. The Morgan fingerprint density at radius 2 is 1.93 bits per heavy atom. The van der Waals surface area contributed by atoms with Crippen LogP contribution in [-0.4, -0.2) is 64.9 Å². The summed E-state index contributed by atoms with van der Waals surface area (Å²) in [4.78, 5) is 29.6. The average molecular weight is 395 g/mol. The highest BCUT2D eigenvalue weighted by atomic mass is 16.2. The summed E-state index contributed by atoms with van der Waals surface area (Å²) in [5.74, 6) is 0.221. The fraction of sp³-hybridized carbons (Fsp3) is 0.478. The molecule has 154 valence electrons. The molecule has 1 aromatic heterocycles. The Morgan fingerprint density at radius 1 is 1.14 bits per heavy atom. The minimum absolute atomic E-state index is 0.0743. The van der Waals surface area contributed by atoms with Crippen LogP contribution in [0.15, 0.2) is 30.3 Å². The van der Waals surface area contributed by atoms with Gasteiger partial charge in [0.05, 0.1) is 12.1 Å². The summed E-state index contributed by atoms with van der Waals surface area (Å²) in [6.07, 6.45) is 1.90. The molecule has 0 aliphatic carbocycles. The molecule has 29 heavy (non-hydrogen) atoms. The summed E-state index contributed by atoms with van der Waals surface area (Å²) in [6, 6.07) is 10.4. The molecule has 2 fully saturated rings. The first-order valence-corrected chi connectivity index (χ1v) is 10.5. The third kappa shape index (κ3) is 3.69. The lowest BCUT2D eigenvalue weighted by Gasteiger charge is -2.41. The number of likely N-dealkylation sites (tertiary alicyclic amines) is 1. The second-order valence-corrected chi connectivity index (χ2v) is 8.22. The van der Waals surface area contributed by atoms with E-state index in [0.29, 0.717) is 13.1 Å². The van der Waals surface area contributed by atoms with E-state index in [1.54, 1.807) is 0 Å². The fourth-order valence-corrected chi connectivity index (χ4v) is 4.74. The van der Waals surface area contributed by atoms with Gasteiger partial charge >= 0.3 is 0 Å². The predicted octanol–water partition coefficient (Wildman–Crippen LogP) is 2.44. The molecule has 0 bridgehead atoms. The molecule has 3 heterocycles. The summed E-state index contributed by atoms with van der Waals surface area (Å²) < 4.78 is 2.17. The number of piperidine rings is 1. The Balaban J connectivity index is 1.58. The van der Waals surface area contributed by atoms with E-state index in [9.17, 15) is 9.59 Å². The van der Waals surface area contributed by atoms with Gasteiger partial charge in [-0.05, 0) is 51.3 Å². The van der Waals surface area contributed by atoms with Gasteiger partial charge in [-0.15, -0.1) is 0 Å². The summed E-state index contributed by atoms with van der Waals surface area (Å²) in [6.45, 7) is 9.50. The molecule has 0 radical (unpaired) electrons. The number of nitrogens with zero attached hydrogens (tertiary/aromatic N) is 3. The normalized spacial score (nSPS) is 20.2. The van der Waals surface area contributed by atoms with Gasteiger partial charge in [-0.25, -0.2) is 0 Å². The smallest absolute Gasteiger partial charge is 0.255 e. The minimum atomic E-state index is 0.0743. The molecule has 2 aliphatic heterocycles. The van der Waals surface area contributed by atoms with Crippen LogP contribution < -0.4 is 5.32 Å². The molecule has 6 heteroatoms. The molecule has 1 aromatic carbocycles. The number of para-hydroxylation sites is 1. The second-order valence-electron chi connectivity index (χ2n) is 8.22. The molecule has 2 saturated heterocycles. The second kappa shape index (κ2) is 8.03. The average Bonchev–Trinajstić information content (AvgIpc) is 3.02. The summed E-state index contributed by atoms with van der Waals surface area (Å²) in [5.41, 5.74) is 5.10. The van der Waals surface area contributed by atoms with E-state index < -0.39 is 0 Å². The Morgan fingerprint density at radius 3 is 2.69 bits per heavy atom. The van der Waals surface area contributed by atoms with E-state index in [1.165, 1.54) is 5.56 Å². The van der Waals surface area contributed by atoms with Crippen LogP contribution in [0, 0.1) is 20.8 Å². The van der Waals surface area contributed by atoms with Crippen LogP contribution in [-0.2, 0) is 4.79 Å². The van der Waals surface area contributed by atoms with E-state index in [4.69, 9.17) is 0 Å². The standard InChI is InChI=1S/C23H30N4O2/c1-16-7-4-5-9-21(16)27-17(2)13-20(18(27)3)23(29)25-11-6-8-19(15-25)26-12-10-24-14-22(26)28/h4-5,7,9,13,19,24H,6,8,10-12,14-15H2,1-3H3. The van der Waals surface area contributed by atoms with Crippen LogP contribution in [0.2, 0.25) is 0 Å². The lowest BCUT2D eigenvalue weighted by Crippen LogP contribution is -2.57. The number of aryl methyl sites for hydroxylation is 2. The lowest BCUT2D eigenvalue weighted by molar-refractivity contribution is -0.135. The largest absolute Gasteiger partial charge is 0.337 e. The van der Waals surface area contributed by atoms with Crippen molar-refractivity contribution in [1.82, 2.24) is 19.7 Å².